The maximum absolute atomic E-state index is 12.3. The Morgan fingerprint density at radius 2 is 1.87 bits per heavy atom. The van der Waals surface area contributed by atoms with Crippen LogP contribution in [0.4, 0.5) is 16.2 Å². The number of nitrogens with one attached hydrogen (secondary N) is 1. The van der Waals surface area contributed by atoms with Crippen LogP contribution < -0.4 is 10.2 Å². The molecule has 1 aromatic rings. The van der Waals surface area contributed by atoms with Crippen molar-refractivity contribution in [3.05, 3.63) is 23.8 Å². The van der Waals surface area contributed by atoms with Crippen LogP contribution >= 0.6 is 15.9 Å². The maximum atomic E-state index is 12.3. The number of hydrogen-bond donors (Lipinski definition) is 1. The monoisotopic (exact) mass is 478 g/mol. The summed E-state index contributed by atoms with van der Waals surface area (Å²) in [5.74, 6) is 0. The molecule has 1 aliphatic rings. The van der Waals surface area contributed by atoms with E-state index in [1.165, 1.54) is 19.3 Å². The number of ether oxygens (including phenoxy) is 1. The van der Waals surface area contributed by atoms with Crippen LogP contribution in [-0.2, 0) is 11.2 Å². The van der Waals surface area contributed by atoms with E-state index in [1.807, 2.05) is 20.8 Å². The van der Waals surface area contributed by atoms with E-state index in [9.17, 15) is 10.1 Å². The molecule has 1 saturated heterocycles. The van der Waals surface area contributed by atoms with Gasteiger partial charge in [0, 0.05) is 49.4 Å². The molecule has 1 aliphatic heterocycles. The summed E-state index contributed by atoms with van der Waals surface area (Å²) >= 11 is 3.47. The Kier molecular flexibility index (Phi) is 9.77. The van der Waals surface area contributed by atoms with Gasteiger partial charge in [-0.15, -0.1) is 0 Å². The van der Waals surface area contributed by atoms with Crippen molar-refractivity contribution in [1.82, 2.24) is 4.90 Å². The molecular weight excluding hydrogens is 444 g/mol. The molecule has 0 unspecified atom stereocenters. The molecule has 1 heterocycles. The molecule has 1 N–H and O–H groups in total. The quantitative estimate of drug-likeness (QED) is 0.391. The lowest BCUT2D eigenvalue weighted by Gasteiger charge is -2.37. The van der Waals surface area contributed by atoms with E-state index in [0.717, 1.165) is 48.3 Å². The summed E-state index contributed by atoms with van der Waals surface area (Å²) in [7, 11) is 0. The predicted molar refractivity (Wildman–Crippen MR) is 127 cm³/mol. The highest BCUT2D eigenvalue weighted by molar-refractivity contribution is 9.09. The minimum Gasteiger partial charge on any atom is -0.444 e. The molecular formula is C23H35BrN4O2. The Balaban J connectivity index is 1.92. The average molecular weight is 479 g/mol. The van der Waals surface area contributed by atoms with E-state index >= 15 is 0 Å². The van der Waals surface area contributed by atoms with Gasteiger partial charge in [-0.25, -0.2) is 4.79 Å². The van der Waals surface area contributed by atoms with E-state index in [2.05, 4.69) is 50.4 Å². The van der Waals surface area contributed by atoms with Crippen LogP contribution in [0.3, 0.4) is 0 Å². The fourth-order valence-corrected chi connectivity index (χ4v) is 3.89. The van der Waals surface area contributed by atoms with Gasteiger partial charge in [-0.05, 0) is 57.4 Å². The van der Waals surface area contributed by atoms with Gasteiger partial charge >= 0.3 is 6.09 Å². The summed E-state index contributed by atoms with van der Waals surface area (Å²) in [4.78, 5) is 16.3. The topological polar surface area (TPSA) is 68.6 Å². The standard InChI is InChI=1S/C23H35BrN4O2/c1-23(2,3)30-22(29)28-16-14-27(15-17-28)21-9-8-20(18-19(21)10-12-25)26-13-7-5-4-6-11-24/h8-9,18,26H,4-7,10-11,13-17H2,1-3H3. The number of carbonyl (C=O) groups excluding carboxylic acids is 1. The summed E-state index contributed by atoms with van der Waals surface area (Å²) < 4.78 is 5.48. The smallest absolute Gasteiger partial charge is 0.410 e. The molecule has 6 nitrogen and oxygen atoms in total. The van der Waals surface area contributed by atoms with Gasteiger partial charge in [-0.1, -0.05) is 28.8 Å². The van der Waals surface area contributed by atoms with Crippen molar-refractivity contribution >= 4 is 33.4 Å². The Hall–Kier alpha value is -1.94. The van der Waals surface area contributed by atoms with Gasteiger partial charge in [0.2, 0.25) is 0 Å². The van der Waals surface area contributed by atoms with Crippen LogP contribution in [-0.4, -0.2) is 54.6 Å². The molecule has 2 rings (SSSR count). The SMILES string of the molecule is CC(C)(C)OC(=O)N1CCN(c2ccc(NCCCCCCBr)cc2CC#N)CC1. The first-order valence-corrected chi connectivity index (χ1v) is 12.0. The zero-order chi connectivity index (χ0) is 22.0. The molecule has 1 amide bonds. The van der Waals surface area contributed by atoms with Gasteiger partial charge in [-0.3, -0.25) is 0 Å². The first-order chi connectivity index (χ1) is 14.3. The normalized spacial score (nSPS) is 14.4. The van der Waals surface area contributed by atoms with Crippen LogP contribution in [0.15, 0.2) is 18.2 Å². The molecule has 1 aromatic carbocycles. The number of anilines is 2. The Labute approximate surface area is 189 Å². The first kappa shape index (κ1) is 24.3. The van der Waals surface area contributed by atoms with Crippen molar-refractivity contribution in [3.63, 3.8) is 0 Å². The van der Waals surface area contributed by atoms with E-state index in [1.54, 1.807) is 4.90 Å². The molecule has 0 aromatic heterocycles. The predicted octanol–water partition coefficient (Wildman–Crippen LogP) is 5.18. The number of rotatable bonds is 9. The highest BCUT2D eigenvalue weighted by Crippen LogP contribution is 2.26. The van der Waals surface area contributed by atoms with Crippen LogP contribution in [0.1, 0.15) is 52.0 Å². The minimum atomic E-state index is -0.481. The Bertz CT molecular complexity index is 719. The van der Waals surface area contributed by atoms with E-state index < -0.39 is 5.60 Å². The fourth-order valence-electron chi connectivity index (χ4n) is 3.49. The van der Waals surface area contributed by atoms with Gasteiger partial charge in [0.15, 0.2) is 0 Å². The summed E-state index contributed by atoms with van der Waals surface area (Å²) in [6, 6.07) is 8.58. The third kappa shape index (κ3) is 8.06. The summed E-state index contributed by atoms with van der Waals surface area (Å²) in [6.45, 7) is 9.31. The van der Waals surface area contributed by atoms with Crippen molar-refractivity contribution in [3.8, 4) is 6.07 Å². The average Bonchev–Trinajstić information content (AvgIpc) is 2.70. The second-order valence-corrected chi connectivity index (χ2v) is 9.46. The number of hydrogen-bond acceptors (Lipinski definition) is 5. The van der Waals surface area contributed by atoms with Gasteiger partial charge in [-0.2, -0.15) is 5.26 Å². The zero-order valence-corrected chi connectivity index (χ0v) is 20.1. The summed E-state index contributed by atoms with van der Waals surface area (Å²) in [5.41, 5.74) is 2.71. The molecule has 0 radical (unpaired) electrons. The lowest BCUT2D eigenvalue weighted by molar-refractivity contribution is 0.0240. The van der Waals surface area contributed by atoms with Crippen molar-refractivity contribution < 1.29 is 9.53 Å². The molecule has 0 bridgehead atoms. The lowest BCUT2D eigenvalue weighted by atomic mass is 10.1. The van der Waals surface area contributed by atoms with Crippen LogP contribution in [0.2, 0.25) is 0 Å². The third-order valence-electron chi connectivity index (χ3n) is 5.01. The van der Waals surface area contributed by atoms with Gasteiger partial charge in [0.25, 0.3) is 0 Å². The molecule has 7 heteroatoms. The van der Waals surface area contributed by atoms with Crippen LogP contribution in [0.25, 0.3) is 0 Å². The van der Waals surface area contributed by atoms with Crippen molar-refractivity contribution in [2.24, 2.45) is 0 Å². The molecule has 0 saturated carbocycles. The lowest BCUT2D eigenvalue weighted by Crippen LogP contribution is -2.50. The highest BCUT2D eigenvalue weighted by atomic mass is 79.9. The molecule has 0 aliphatic carbocycles. The van der Waals surface area contributed by atoms with E-state index in [0.29, 0.717) is 19.5 Å². The van der Waals surface area contributed by atoms with Crippen molar-refractivity contribution in [2.75, 3.05) is 48.3 Å². The first-order valence-electron chi connectivity index (χ1n) is 10.9. The number of halogens is 1. The molecule has 1 fully saturated rings. The highest BCUT2D eigenvalue weighted by Gasteiger charge is 2.26. The number of alkyl halides is 1. The van der Waals surface area contributed by atoms with Gasteiger partial charge in [0.1, 0.15) is 5.60 Å². The van der Waals surface area contributed by atoms with Gasteiger partial charge in [0.05, 0.1) is 12.5 Å². The minimum absolute atomic E-state index is 0.255. The number of amides is 1. The molecule has 30 heavy (non-hydrogen) atoms. The number of unbranched alkanes of at least 4 members (excludes halogenated alkanes) is 3. The number of piperazine rings is 1. The van der Waals surface area contributed by atoms with E-state index in [-0.39, 0.29) is 6.09 Å². The fraction of sp³-hybridized carbons (Fsp3) is 0.652. The maximum Gasteiger partial charge on any atom is 0.410 e. The largest absolute Gasteiger partial charge is 0.444 e. The number of nitrogens with zero attached hydrogens (tertiary/aromatic N) is 3. The second-order valence-electron chi connectivity index (χ2n) is 8.66. The number of carbonyl (C=O) groups is 1. The Morgan fingerprint density at radius 3 is 2.50 bits per heavy atom. The number of benzene rings is 1. The van der Waals surface area contributed by atoms with Crippen LogP contribution in [0, 0.1) is 11.3 Å². The van der Waals surface area contributed by atoms with Crippen molar-refractivity contribution in [2.45, 2.75) is 58.5 Å². The second kappa shape index (κ2) is 12.0. The van der Waals surface area contributed by atoms with E-state index in [4.69, 9.17) is 4.74 Å². The van der Waals surface area contributed by atoms with Crippen molar-refractivity contribution in [1.29, 1.82) is 5.26 Å². The number of nitriles is 1. The van der Waals surface area contributed by atoms with Gasteiger partial charge < -0.3 is 19.9 Å². The van der Waals surface area contributed by atoms with Crippen LogP contribution in [0.5, 0.6) is 0 Å². The Morgan fingerprint density at radius 1 is 1.17 bits per heavy atom. The summed E-state index contributed by atoms with van der Waals surface area (Å²) in [6.07, 6.45) is 4.97. The third-order valence-corrected chi connectivity index (χ3v) is 5.57. The molecule has 0 spiro atoms. The molecule has 166 valence electrons. The summed E-state index contributed by atoms with van der Waals surface area (Å²) in [5, 5.41) is 13.9. The zero-order valence-electron chi connectivity index (χ0n) is 18.5. The molecule has 0 atom stereocenters.